The number of phenolic OH excluding ortho intramolecular Hbond substituents is 1. The number of nitrogens with zero attached hydrogens (tertiary/aromatic N) is 1. The first-order chi connectivity index (χ1) is 9.12. The lowest BCUT2D eigenvalue weighted by molar-refractivity contribution is 0.0257. The molecule has 0 amide bonds. The minimum absolute atomic E-state index is 0.290. The van der Waals surface area contributed by atoms with E-state index in [1.54, 1.807) is 0 Å². The molecule has 0 saturated carbocycles. The Labute approximate surface area is 116 Å². The van der Waals surface area contributed by atoms with E-state index >= 15 is 0 Å². The van der Waals surface area contributed by atoms with Gasteiger partial charge in [0.2, 0.25) is 0 Å². The third-order valence-electron chi connectivity index (χ3n) is 5.78. The Hall–Kier alpha value is -1.02. The van der Waals surface area contributed by atoms with Crippen LogP contribution in [0, 0.1) is 5.92 Å². The number of benzene rings is 1. The van der Waals surface area contributed by atoms with Crippen LogP contribution in [0.25, 0.3) is 0 Å². The molecule has 0 radical (unpaired) electrons. The van der Waals surface area contributed by atoms with Gasteiger partial charge in [0.05, 0.1) is 0 Å². The van der Waals surface area contributed by atoms with E-state index in [2.05, 4.69) is 31.9 Å². The molecule has 1 fully saturated rings. The van der Waals surface area contributed by atoms with Gasteiger partial charge in [-0.1, -0.05) is 26.3 Å². The first-order valence-corrected chi connectivity index (χ1v) is 7.65. The van der Waals surface area contributed by atoms with Gasteiger partial charge in [-0.3, -0.25) is 0 Å². The van der Waals surface area contributed by atoms with Crippen LogP contribution < -0.4 is 0 Å². The monoisotopic (exact) mass is 259 g/mol. The van der Waals surface area contributed by atoms with Crippen LogP contribution in [0.2, 0.25) is 0 Å². The van der Waals surface area contributed by atoms with Gasteiger partial charge in [0, 0.05) is 11.5 Å². The first kappa shape index (κ1) is 13.0. The maximum Gasteiger partial charge on any atom is 0.115 e. The summed E-state index contributed by atoms with van der Waals surface area (Å²) in [6, 6.07) is 6.72. The van der Waals surface area contributed by atoms with Gasteiger partial charge in [0.1, 0.15) is 5.75 Å². The van der Waals surface area contributed by atoms with Crippen molar-refractivity contribution < 1.29 is 5.11 Å². The van der Waals surface area contributed by atoms with Crippen molar-refractivity contribution in [3.8, 4) is 5.75 Å². The summed E-state index contributed by atoms with van der Waals surface area (Å²) >= 11 is 0. The molecule has 0 unspecified atom stereocenters. The Morgan fingerprint density at radius 3 is 2.84 bits per heavy atom. The third-order valence-corrected chi connectivity index (χ3v) is 5.78. The Balaban J connectivity index is 2.18. The van der Waals surface area contributed by atoms with Crippen LogP contribution in [-0.2, 0) is 11.8 Å². The Kier molecular flexibility index (Phi) is 3.09. The molecule has 3 rings (SSSR count). The average Bonchev–Trinajstić information content (AvgIpc) is 2.42. The van der Waals surface area contributed by atoms with E-state index in [1.165, 1.54) is 36.9 Å². The molecule has 1 aromatic rings. The highest BCUT2D eigenvalue weighted by molar-refractivity contribution is 5.44. The molecule has 1 aliphatic carbocycles. The lowest BCUT2D eigenvalue weighted by Crippen LogP contribution is -2.58. The average molecular weight is 259 g/mol. The first-order valence-electron chi connectivity index (χ1n) is 7.65. The van der Waals surface area contributed by atoms with Crippen LogP contribution in [0.1, 0.15) is 44.2 Å². The number of aromatic hydroxyl groups is 1. The fourth-order valence-corrected chi connectivity index (χ4v) is 4.76. The zero-order valence-electron chi connectivity index (χ0n) is 12.3. The van der Waals surface area contributed by atoms with Crippen LogP contribution in [0.15, 0.2) is 18.2 Å². The number of likely N-dealkylation sites (tertiary alicyclic amines) is 1. The van der Waals surface area contributed by atoms with E-state index in [-0.39, 0.29) is 5.41 Å². The van der Waals surface area contributed by atoms with Gasteiger partial charge in [-0.15, -0.1) is 0 Å². The molecule has 2 nitrogen and oxygen atoms in total. The predicted molar refractivity (Wildman–Crippen MR) is 78.6 cm³/mol. The summed E-state index contributed by atoms with van der Waals surface area (Å²) in [4.78, 5) is 2.55. The van der Waals surface area contributed by atoms with Crippen molar-refractivity contribution in [1.82, 2.24) is 4.90 Å². The fraction of sp³-hybridized carbons (Fsp3) is 0.647. The van der Waals surface area contributed by atoms with Gasteiger partial charge in [-0.05, 0) is 62.0 Å². The lowest BCUT2D eigenvalue weighted by atomic mass is 9.55. The highest BCUT2D eigenvalue weighted by Crippen LogP contribution is 2.52. The molecule has 3 atom stereocenters. The van der Waals surface area contributed by atoms with Gasteiger partial charge >= 0.3 is 0 Å². The maximum absolute atomic E-state index is 9.90. The summed E-state index contributed by atoms with van der Waals surface area (Å²) in [6.45, 7) is 5.84. The predicted octanol–water partition coefficient (Wildman–Crippen LogP) is 3.33. The van der Waals surface area contributed by atoms with Crippen LogP contribution in [0.4, 0.5) is 0 Å². The minimum atomic E-state index is 0.290. The van der Waals surface area contributed by atoms with E-state index in [9.17, 15) is 5.11 Å². The van der Waals surface area contributed by atoms with Gasteiger partial charge < -0.3 is 10.0 Å². The SMILES string of the molecule is CC[C@H]1[C@@H]2Cc3ccc(O)cc3[C@]1(CC)CCN2C. The molecule has 104 valence electrons. The van der Waals surface area contributed by atoms with Gasteiger partial charge in [0.15, 0.2) is 0 Å². The van der Waals surface area contributed by atoms with Gasteiger partial charge in [-0.25, -0.2) is 0 Å². The van der Waals surface area contributed by atoms with Crippen molar-refractivity contribution in [3.05, 3.63) is 29.3 Å². The Morgan fingerprint density at radius 1 is 1.37 bits per heavy atom. The highest BCUT2D eigenvalue weighted by Gasteiger charge is 2.50. The minimum Gasteiger partial charge on any atom is -0.508 e. The zero-order valence-corrected chi connectivity index (χ0v) is 12.3. The number of likely N-dealkylation sites (N-methyl/N-ethyl adjacent to an activating group) is 1. The number of piperidine rings is 1. The van der Waals surface area contributed by atoms with Crippen molar-refractivity contribution in [1.29, 1.82) is 0 Å². The van der Waals surface area contributed by atoms with Crippen LogP contribution in [0.3, 0.4) is 0 Å². The number of hydrogen-bond donors (Lipinski definition) is 1. The van der Waals surface area contributed by atoms with Crippen molar-refractivity contribution in [2.75, 3.05) is 13.6 Å². The summed E-state index contributed by atoms with van der Waals surface area (Å²) in [5.41, 5.74) is 3.19. The molecular weight excluding hydrogens is 234 g/mol. The van der Waals surface area contributed by atoms with E-state index in [0.29, 0.717) is 11.8 Å². The number of rotatable bonds is 2. The van der Waals surface area contributed by atoms with Crippen molar-refractivity contribution >= 4 is 0 Å². The van der Waals surface area contributed by atoms with E-state index < -0.39 is 0 Å². The largest absolute Gasteiger partial charge is 0.508 e. The summed E-state index contributed by atoms with van der Waals surface area (Å²) in [7, 11) is 2.28. The molecule has 1 N–H and O–H groups in total. The van der Waals surface area contributed by atoms with E-state index in [4.69, 9.17) is 0 Å². The number of phenols is 1. The fourth-order valence-electron chi connectivity index (χ4n) is 4.76. The van der Waals surface area contributed by atoms with E-state index in [0.717, 1.165) is 12.3 Å². The smallest absolute Gasteiger partial charge is 0.115 e. The molecule has 1 aliphatic heterocycles. The summed E-state index contributed by atoms with van der Waals surface area (Å²) in [5.74, 6) is 1.16. The van der Waals surface area contributed by atoms with Crippen molar-refractivity contribution in [2.45, 2.75) is 51.0 Å². The van der Waals surface area contributed by atoms with Crippen LogP contribution >= 0.6 is 0 Å². The second-order valence-corrected chi connectivity index (χ2v) is 6.37. The Bertz CT molecular complexity index is 484. The summed E-state index contributed by atoms with van der Waals surface area (Å²) in [6.07, 6.45) is 4.79. The molecule has 1 heterocycles. The summed E-state index contributed by atoms with van der Waals surface area (Å²) < 4.78 is 0. The Morgan fingerprint density at radius 2 is 2.16 bits per heavy atom. The van der Waals surface area contributed by atoms with E-state index in [1.807, 2.05) is 12.1 Å². The molecule has 2 aliphatic rings. The van der Waals surface area contributed by atoms with Gasteiger partial charge in [0.25, 0.3) is 0 Å². The van der Waals surface area contributed by atoms with Gasteiger partial charge in [-0.2, -0.15) is 0 Å². The number of hydrogen-bond acceptors (Lipinski definition) is 2. The molecule has 1 aromatic carbocycles. The second-order valence-electron chi connectivity index (χ2n) is 6.37. The molecule has 1 saturated heterocycles. The second kappa shape index (κ2) is 4.52. The zero-order chi connectivity index (χ0) is 13.6. The quantitative estimate of drug-likeness (QED) is 0.880. The van der Waals surface area contributed by atoms with Crippen LogP contribution in [0.5, 0.6) is 5.75 Å². The van der Waals surface area contributed by atoms with Crippen LogP contribution in [-0.4, -0.2) is 29.6 Å². The topological polar surface area (TPSA) is 23.5 Å². The highest BCUT2D eigenvalue weighted by atomic mass is 16.3. The van der Waals surface area contributed by atoms with Crippen molar-refractivity contribution in [3.63, 3.8) is 0 Å². The molecule has 19 heavy (non-hydrogen) atoms. The maximum atomic E-state index is 9.90. The summed E-state index contributed by atoms with van der Waals surface area (Å²) in [5, 5.41) is 9.90. The standard InChI is InChI=1S/C17H25NO/c1-4-14-16-10-12-6-7-13(19)11-15(12)17(14,5-2)8-9-18(16)3/h6-7,11,14,16,19H,4-5,8-10H2,1-3H3/t14-,16-,17+/m0/s1. The molecule has 0 aromatic heterocycles. The molecule has 2 bridgehead atoms. The number of fused-ring (bicyclic) bond motifs is 4. The molecule has 0 spiro atoms. The van der Waals surface area contributed by atoms with Crippen molar-refractivity contribution in [2.24, 2.45) is 5.92 Å². The normalized spacial score (nSPS) is 34.1. The third kappa shape index (κ3) is 1.73. The molecule has 2 heteroatoms. The lowest BCUT2D eigenvalue weighted by Gasteiger charge is -2.56. The molecular formula is C17H25NO.